The standard InChI is InChI=1S/C55H61ClF3N13O5/c1-2-47(75)69-27-29-70(30-28-69)50-41-18-22-71(45-8-4-6-38-5-3-7-43(56)49(38)45)34-44(41)62-54(63-50)60-19-15-48(76)68-20-16-37(17-21-68)33-67-25-23-66(24-26-67)32-36-9-11-39(12-10-36)72-51(42-14-13-40(73)31-46(42)74)64-65-52(72)53(77)61-35-55(57,58)59/h2-14,31,37,73-74H,1,15-30,32-35H2,(H,61,77)(H,60,62,63). The van der Waals surface area contributed by atoms with E-state index in [2.05, 4.69) is 66.0 Å². The van der Waals surface area contributed by atoms with E-state index in [-0.39, 0.29) is 34.7 Å². The molecule has 4 aromatic carbocycles. The van der Waals surface area contributed by atoms with Crippen LogP contribution in [0.1, 0.15) is 46.7 Å². The summed E-state index contributed by atoms with van der Waals surface area (Å²) in [6.45, 7) is 12.8. The van der Waals surface area contributed by atoms with E-state index in [0.717, 1.165) is 104 Å². The van der Waals surface area contributed by atoms with Gasteiger partial charge in [0, 0.05) is 126 Å². The molecule has 22 heteroatoms. The molecule has 3 fully saturated rings. The highest BCUT2D eigenvalue weighted by molar-refractivity contribution is 6.36. The number of aromatic hydroxyl groups is 2. The third-order valence-corrected chi connectivity index (χ3v) is 15.3. The number of anilines is 3. The maximum atomic E-state index is 13.6. The van der Waals surface area contributed by atoms with Crippen molar-refractivity contribution >= 4 is 57.5 Å². The van der Waals surface area contributed by atoms with Crippen molar-refractivity contribution < 1.29 is 37.8 Å². The van der Waals surface area contributed by atoms with Crippen LogP contribution in [0.2, 0.25) is 5.02 Å². The molecule has 6 aromatic rings. The second kappa shape index (κ2) is 23.0. The van der Waals surface area contributed by atoms with Crippen LogP contribution in [0, 0.1) is 5.92 Å². The van der Waals surface area contributed by atoms with Crippen LogP contribution >= 0.6 is 11.6 Å². The molecular formula is C55H61ClF3N13O5. The number of benzene rings is 4. The van der Waals surface area contributed by atoms with Gasteiger partial charge in [-0.2, -0.15) is 18.2 Å². The zero-order valence-electron chi connectivity index (χ0n) is 42.6. The number of phenolic OH excluding ortho intramolecular Hbond substituents is 2. The molecule has 0 bridgehead atoms. The number of hydrogen-bond acceptors (Lipinski definition) is 14. The first-order valence-corrected chi connectivity index (χ1v) is 26.4. The predicted molar refractivity (Wildman–Crippen MR) is 287 cm³/mol. The minimum Gasteiger partial charge on any atom is -0.508 e. The van der Waals surface area contributed by atoms with Crippen LogP contribution in [0.3, 0.4) is 0 Å². The number of carbonyl (C=O) groups is 3. The summed E-state index contributed by atoms with van der Waals surface area (Å²) >= 11 is 6.77. The molecule has 77 heavy (non-hydrogen) atoms. The van der Waals surface area contributed by atoms with Gasteiger partial charge in [-0.3, -0.25) is 23.9 Å². The molecule has 6 heterocycles. The molecule has 2 aromatic heterocycles. The van der Waals surface area contributed by atoms with E-state index in [1.54, 1.807) is 12.1 Å². The Morgan fingerprint density at radius 1 is 0.805 bits per heavy atom. The van der Waals surface area contributed by atoms with Gasteiger partial charge in [0.05, 0.1) is 22.8 Å². The molecule has 4 N–H and O–H groups in total. The Bertz CT molecular complexity index is 3130. The van der Waals surface area contributed by atoms with Crippen molar-refractivity contribution in [1.82, 2.24) is 49.6 Å². The quantitative estimate of drug-likeness (QED) is 0.0817. The number of piperidine rings is 1. The van der Waals surface area contributed by atoms with Gasteiger partial charge in [-0.1, -0.05) is 54.6 Å². The molecule has 0 radical (unpaired) electrons. The fourth-order valence-electron chi connectivity index (χ4n) is 10.9. The van der Waals surface area contributed by atoms with Crippen LogP contribution in [0.5, 0.6) is 11.5 Å². The first kappa shape index (κ1) is 52.9. The fourth-order valence-corrected chi connectivity index (χ4v) is 11.2. The SMILES string of the molecule is C=CC(=O)N1CCN(c2nc(NCCC(=O)N3CCC(CN4CCN(Cc5ccc(-n6c(C(=O)NCC(F)(F)F)nnc6-c6ccc(O)cc6O)cc5)CC4)CC3)nc3c2CCN(c2cccc4cccc(Cl)c24)C3)CC1. The number of alkyl halides is 3. The Morgan fingerprint density at radius 3 is 2.25 bits per heavy atom. The van der Waals surface area contributed by atoms with Gasteiger partial charge in [-0.15, -0.1) is 10.2 Å². The molecule has 4 aliphatic rings. The average molecular weight is 1080 g/mol. The second-order valence-corrected chi connectivity index (χ2v) is 20.4. The summed E-state index contributed by atoms with van der Waals surface area (Å²) in [6.07, 6.45) is -0.374. The number of hydrogen-bond donors (Lipinski definition) is 4. The molecule has 404 valence electrons. The van der Waals surface area contributed by atoms with E-state index in [1.807, 2.05) is 39.4 Å². The number of amides is 3. The number of phenols is 2. The van der Waals surface area contributed by atoms with Gasteiger partial charge in [0.2, 0.25) is 23.6 Å². The van der Waals surface area contributed by atoms with Gasteiger partial charge in [0.1, 0.15) is 23.9 Å². The number of nitrogens with zero attached hydrogens (tertiary/aromatic N) is 11. The minimum absolute atomic E-state index is 0.00471. The van der Waals surface area contributed by atoms with E-state index in [9.17, 15) is 37.8 Å². The smallest absolute Gasteiger partial charge is 0.405 e. The lowest BCUT2D eigenvalue weighted by molar-refractivity contribution is -0.132. The van der Waals surface area contributed by atoms with Crippen molar-refractivity contribution in [2.75, 3.05) is 107 Å². The van der Waals surface area contributed by atoms with Gasteiger partial charge >= 0.3 is 6.18 Å². The van der Waals surface area contributed by atoms with E-state index >= 15 is 0 Å². The first-order chi connectivity index (χ1) is 37.2. The molecule has 0 saturated carbocycles. The normalized spacial score (nSPS) is 16.9. The number of nitrogens with one attached hydrogen (secondary N) is 2. The molecule has 3 amide bonds. The lowest BCUT2D eigenvalue weighted by Crippen LogP contribution is -2.49. The topological polar surface area (TPSA) is 192 Å². The van der Waals surface area contributed by atoms with Crippen molar-refractivity contribution in [2.24, 2.45) is 5.92 Å². The molecule has 3 saturated heterocycles. The largest absolute Gasteiger partial charge is 0.508 e. The number of carbonyl (C=O) groups excluding carboxylic acids is 3. The number of halogens is 4. The van der Waals surface area contributed by atoms with Gasteiger partial charge in [0.15, 0.2) is 5.82 Å². The fraction of sp³-hybridized carbons (Fsp3) is 0.400. The number of aromatic nitrogens is 5. The van der Waals surface area contributed by atoms with Crippen molar-refractivity contribution in [2.45, 2.75) is 44.9 Å². The van der Waals surface area contributed by atoms with E-state index in [0.29, 0.717) is 87.9 Å². The van der Waals surface area contributed by atoms with Gasteiger partial charge in [-0.25, -0.2) is 4.98 Å². The average Bonchev–Trinajstić information content (AvgIpc) is 3.89. The van der Waals surface area contributed by atoms with Gasteiger partial charge in [0.25, 0.3) is 5.91 Å². The Hall–Kier alpha value is -7.49. The van der Waals surface area contributed by atoms with E-state index < -0.39 is 24.5 Å². The zero-order valence-corrected chi connectivity index (χ0v) is 43.3. The number of piperazine rings is 2. The Kier molecular flexibility index (Phi) is 15.8. The van der Waals surface area contributed by atoms with Crippen LogP contribution in [-0.2, 0) is 29.1 Å². The molecule has 18 nitrogen and oxygen atoms in total. The van der Waals surface area contributed by atoms with Crippen LogP contribution in [0.25, 0.3) is 27.8 Å². The summed E-state index contributed by atoms with van der Waals surface area (Å²) in [7, 11) is 0. The highest BCUT2D eigenvalue weighted by Gasteiger charge is 2.32. The second-order valence-electron chi connectivity index (χ2n) is 20.0. The van der Waals surface area contributed by atoms with E-state index in [1.165, 1.54) is 22.8 Å². The summed E-state index contributed by atoms with van der Waals surface area (Å²) in [5, 5.41) is 36.4. The summed E-state index contributed by atoms with van der Waals surface area (Å²) in [4.78, 5) is 62.3. The van der Waals surface area contributed by atoms with Crippen molar-refractivity contribution in [3.8, 4) is 28.6 Å². The van der Waals surface area contributed by atoms with Crippen molar-refractivity contribution in [3.05, 3.63) is 119 Å². The molecule has 0 spiro atoms. The highest BCUT2D eigenvalue weighted by Crippen LogP contribution is 2.38. The monoisotopic (exact) mass is 1080 g/mol. The maximum absolute atomic E-state index is 13.6. The van der Waals surface area contributed by atoms with Crippen molar-refractivity contribution in [3.63, 3.8) is 0 Å². The van der Waals surface area contributed by atoms with Gasteiger partial charge in [-0.05, 0) is 78.6 Å². The summed E-state index contributed by atoms with van der Waals surface area (Å²) < 4.78 is 40.3. The third kappa shape index (κ3) is 12.2. The summed E-state index contributed by atoms with van der Waals surface area (Å²) in [5.74, 6) is -0.200. The minimum atomic E-state index is -4.64. The van der Waals surface area contributed by atoms with Crippen LogP contribution in [0.15, 0.2) is 91.5 Å². The Balaban J connectivity index is 0.706. The molecule has 0 unspecified atom stereocenters. The maximum Gasteiger partial charge on any atom is 0.405 e. The van der Waals surface area contributed by atoms with E-state index in [4.69, 9.17) is 21.6 Å². The highest BCUT2D eigenvalue weighted by atomic mass is 35.5. The lowest BCUT2D eigenvalue weighted by Gasteiger charge is -2.39. The molecule has 10 rings (SSSR count). The number of fused-ring (bicyclic) bond motifs is 2. The van der Waals surface area contributed by atoms with Crippen LogP contribution in [0.4, 0.5) is 30.6 Å². The lowest BCUT2D eigenvalue weighted by atomic mass is 9.95. The summed E-state index contributed by atoms with van der Waals surface area (Å²) in [5.41, 5.74) is 4.58. The van der Waals surface area contributed by atoms with Crippen LogP contribution < -0.4 is 20.4 Å². The Labute approximate surface area is 448 Å². The molecule has 0 aliphatic carbocycles. The molecule has 0 atom stereocenters. The predicted octanol–water partition coefficient (Wildman–Crippen LogP) is 6.49. The number of likely N-dealkylation sites (tertiary alicyclic amines) is 1. The summed E-state index contributed by atoms with van der Waals surface area (Å²) in [6, 6.07) is 23.2. The number of rotatable bonds is 15. The van der Waals surface area contributed by atoms with Crippen molar-refractivity contribution in [1.29, 1.82) is 0 Å². The first-order valence-electron chi connectivity index (χ1n) is 26.0. The van der Waals surface area contributed by atoms with Crippen LogP contribution in [-0.4, -0.2) is 170 Å². The third-order valence-electron chi connectivity index (χ3n) is 15.0. The zero-order chi connectivity index (χ0) is 53.8. The Morgan fingerprint density at radius 2 is 1.53 bits per heavy atom. The molecule has 4 aliphatic heterocycles. The van der Waals surface area contributed by atoms with Gasteiger partial charge < -0.3 is 45.3 Å². The molecular weight excluding hydrogens is 1020 g/mol.